The van der Waals surface area contributed by atoms with Gasteiger partial charge >= 0.3 is 11.8 Å². The number of non-ortho nitro benzene ring substituents is 1. The lowest BCUT2D eigenvalue weighted by atomic mass is 10.1. The minimum atomic E-state index is -0.956. The van der Waals surface area contributed by atoms with Gasteiger partial charge in [-0.1, -0.05) is 6.07 Å². The Labute approximate surface area is 184 Å². The van der Waals surface area contributed by atoms with Crippen LogP contribution in [0.4, 0.5) is 11.4 Å². The lowest BCUT2D eigenvalue weighted by molar-refractivity contribution is -0.384. The summed E-state index contributed by atoms with van der Waals surface area (Å²) < 4.78 is 2.09. The number of nitro benzene ring substituents is 1. The Bertz CT molecular complexity index is 1230. The first kappa shape index (κ1) is 22.4. The molecule has 0 unspecified atom stereocenters. The summed E-state index contributed by atoms with van der Waals surface area (Å²) in [5, 5.41) is 16.9. The van der Waals surface area contributed by atoms with Crippen LogP contribution in [0.5, 0.6) is 0 Å². The van der Waals surface area contributed by atoms with E-state index in [1.54, 1.807) is 0 Å². The van der Waals surface area contributed by atoms with Crippen LogP contribution in [0.25, 0.3) is 5.69 Å². The number of hydrazone groups is 1. The number of nitro groups is 1. The van der Waals surface area contributed by atoms with E-state index in [-0.39, 0.29) is 11.4 Å². The van der Waals surface area contributed by atoms with E-state index >= 15 is 0 Å². The minimum absolute atomic E-state index is 0.115. The van der Waals surface area contributed by atoms with Crippen molar-refractivity contribution in [1.82, 2.24) is 9.99 Å². The summed E-state index contributed by atoms with van der Waals surface area (Å²) in [6, 6.07) is 13.3. The molecular weight excluding hydrogens is 410 g/mol. The van der Waals surface area contributed by atoms with E-state index in [2.05, 4.69) is 46.4 Å². The predicted molar refractivity (Wildman–Crippen MR) is 122 cm³/mol. The molecule has 0 aliphatic heterocycles. The second-order valence-corrected chi connectivity index (χ2v) is 7.39. The van der Waals surface area contributed by atoms with Gasteiger partial charge in [0.25, 0.3) is 5.69 Å². The highest BCUT2D eigenvalue weighted by atomic mass is 16.6. The summed E-state index contributed by atoms with van der Waals surface area (Å²) in [4.78, 5) is 34.1. The van der Waals surface area contributed by atoms with Crippen molar-refractivity contribution >= 4 is 29.4 Å². The van der Waals surface area contributed by atoms with Gasteiger partial charge in [0.15, 0.2) is 0 Å². The molecule has 1 heterocycles. The van der Waals surface area contributed by atoms with Crippen molar-refractivity contribution in [3.8, 4) is 5.69 Å². The number of carbonyl (C=O) groups excluding carboxylic acids is 2. The third-order valence-corrected chi connectivity index (χ3v) is 5.13. The standard InChI is InChI=1S/C23H23N5O4/c1-14-5-8-21(11-15(14)2)27-16(3)12-18(17(27)4)13-24-26-23(30)22(29)25-19-6-9-20(10-7-19)28(31)32/h5-13H,1-4H3,(H,25,29)(H,26,30)/b24-13-. The number of benzene rings is 2. The van der Waals surface area contributed by atoms with Gasteiger partial charge in [0.05, 0.1) is 11.1 Å². The van der Waals surface area contributed by atoms with E-state index < -0.39 is 16.7 Å². The molecule has 3 rings (SSSR count). The highest BCUT2D eigenvalue weighted by Gasteiger charge is 2.14. The van der Waals surface area contributed by atoms with Crippen LogP contribution in [-0.2, 0) is 9.59 Å². The van der Waals surface area contributed by atoms with Gasteiger partial charge in [0.2, 0.25) is 0 Å². The van der Waals surface area contributed by atoms with E-state index in [0.29, 0.717) is 0 Å². The molecule has 0 saturated heterocycles. The van der Waals surface area contributed by atoms with Crippen LogP contribution < -0.4 is 10.7 Å². The summed E-state index contributed by atoms with van der Waals surface area (Å²) in [5.41, 5.74) is 8.54. The number of nitrogens with one attached hydrogen (secondary N) is 2. The Morgan fingerprint density at radius 1 is 0.969 bits per heavy atom. The summed E-state index contributed by atoms with van der Waals surface area (Å²) in [6.07, 6.45) is 1.48. The smallest absolute Gasteiger partial charge is 0.318 e. The molecule has 164 valence electrons. The molecule has 32 heavy (non-hydrogen) atoms. The molecule has 2 aromatic carbocycles. The number of aromatic nitrogens is 1. The number of anilines is 1. The maximum atomic E-state index is 12.0. The average Bonchev–Trinajstić information content (AvgIpc) is 3.03. The summed E-state index contributed by atoms with van der Waals surface area (Å²) >= 11 is 0. The highest BCUT2D eigenvalue weighted by Crippen LogP contribution is 2.22. The number of hydrogen-bond donors (Lipinski definition) is 2. The number of amides is 2. The molecule has 3 aromatic rings. The van der Waals surface area contributed by atoms with Gasteiger partial charge in [-0.2, -0.15) is 5.10 Å². The fourth-order valence-corrected chi connectivity index (χ4v) is 3.25. The van der Waals surface area contributed by atoms with Gasteiger partial charge in [-0.05, 0) is 69.2 Å². The predicted octanol–water partition coefficient (Wildman–Crippen LogP) is 3.71. The van der Waals surface area contributed by atoms with E-state index in [1.807, 2.05) is 26.0 Å². The topological polar surface area (TPSA) is 119 Å². The van der Waals surface area contributed by atoms with Crippen molar-refractivity contribution in [2.24, 2.45) is 5.10 Å². The molecule has 9 heteroatoms. The Kier molecular flexibility index (Phi) is 6.48. The molecule has 9 nitrogen and oxygen atoms in total. The van der Waals surface area contributed by atoms with E-state index in [1.165, 1.54) is 41.6 Å². The molecule has 0 spiro atoms. The van der Waals surface area contributed by atoms with Crippen LogP contribution in [0.1, 0.15) is 28.1 Å². The maximum Gasteiger partial charge on any atom is 0.329 e. The second-order valence-electron chi connectivity index (χ2n) is 7.39. The van der Waals surface area contributed by atoms with E-state index in [9.17, 15) is 19.7 Å². The SMILES string of the molecule is Cc1ccc(-n2c(C)cc(/C=N\NC(=O)C(=O)Nc3ccc([N+](=O)[O-])cc3)c2C)cc1C. The Morgan fingerprint density at radius 3 is 2.28 bits per heavy atom. The first-order valence-electron chi connectivity index (χ1n) is 9.83. The number of aryl methyl sites for hydroxylation is 3. The van der Waals surface area contributed by atoms with Crippen LogP contribution in [-0.4, -0.2) is 27.5 Å². The van der Waals surface area contributed by atoms with Gasteiger partial charge in [0.1, 0.15) is 0 Å². The molecule has 0 saturated carbocycles. The van der Waals surface area contributed by atoms with Gasteiger partial charge in [-0.15, -0.1) is 0 Å². The third kappa shape index (κ3) is 4.89. The lowest BCUT2D eigenvalue weighted by Crippen LogP contribution is -2.32. The number of nitrogens with zero attached hydrogens (tertiary/aromatic N) is 3. The van der Waals surface area contributed by atoms with Gasteiger partial charge in [0, 0.05) is 40.5 Å². The molecule has 0 bridgehead atoms. The van der Waals surface area contributed by atoms with Gasteiger partial charge in [-0.25, -0.2) is 5.43 Å². The van der Waals surface area contributed by atoms with Crippen molar-refractivity contribution < 1.29 is 14.5 Å². The van der Waals surface area contributed by atoms with E-state index in [4.69, 9.17) is 0 Å². The Morgan fingerprint density at radius 2 is 1.66 bits per heavy atom. The molecule has 0 aliphatic carbocycles. The first-order chi connectivity index (χ1) is 15.2. The summed E-state index contributed by atoms with van der Waals surface area (Å²) in [5.74, 6) is -1.89. The van der Waals surface area contributed by atoms with Crippen molar-refractivity contribution in [3.63, 3.8) is 0 Å². The zero-order valence-corrected chi connectivity index (χ0v) is 18.2. The second kappa shape index (κ2) is 9.25. The average molecular weight is 433 g/mol. The third-order valence-electron chi connectivity index (χ3n) is 5.13. The van der Waals surface area contributed by atoms with Crippen LogP contribution in [0.15, 0.2) is 53.6 Å². The lowest BCUT2D eigenvalue weighted by Gasteiger charge is -2.11. The van der Waals surface area contributed by atoms with Crippen molar-refractivity contribution in [3.05, 3.63) is 86.7 Å². The summed E-state index contributed by atoms with van der Waals surface area (Å²) in [6.45, 7) is 8.06. The van der Waals surface area contributed by atoms with Gasteiger partial charge < -0.3 is 9.88 Å². The molecular formula is C23H23N5O4. The number of rotatable bonds is 5. The normalized spacial score (nSPS) is 10.9. The summed E-state index contributed by atoms with van der Waals surface area (Å²) in [7, 11) is 0. The Hall–Kier alpha value is -4.27. The monoisotopic (exact) mass is 433 g/mol. The van der Waals surface area contributed by atoms with Crippen molar-refractivity contribution in [1.29, 1.82) is 0 Å². The highest BCUT2D eigenvalue weighted by molar-refractivity contribution is 6.39. The molecule has 2 amide bonds. The van der Waals surface area contributed by atoms with E-state index in [0.717, 1.165) is 22.6 Å². The minimum Gasteiger partial charge on any atom is -0.318 e. The quantitative estimate of drug-likeness (QED) is 0.276. The van der Waals surface area contributed by atoms with Crippen LogP contribution in [0, 0.1) is 37.8 Å². The van der Waals surface area contributed by atoms with Gasteiger partial charge in [-0.3, -0.25) is 19.7 Å². The fourth-order valence-electron chi connectivity index (χ4n) is 3.25. The number of carbonyl (C=O) groups is 2. The molecule has 0 fully saturated rings. The van der Waals surface area contributed by atoms with Crippen LogP contribution in [0.2, 0.25) is 0 Å². The Balaban J connectivity index is 1.66. The molecule has 0 aliphatic rings. The van der Waals surface area contributed by atoms with Crippen molar-refractivity contribution in [2.45, 2.75) is 27.7 Å². The van der Waals surface area contributed by atoms with Crippen LogP contribution in [0.3, 0.4) is 0 Å². The zero-order valence-electron chi connectivity index (χ0n) is 18.2. The van der Waals surface area contributed by atoms with Crippen LogP contribution >= 0.6 is 0 Å². The fraction of sp³-hybridized carbons (Fsp3) is 0.174. The largest absolute Gasteiger partial charge is 0.329 e. The first-order valence-corrected chi connectivity index (χ1v) is 9.83. The zero-order chi connectivity index (χ0) is 23.4. The molecule has 2 N–H and O–H groups in total. The molecule has 1 aromatic heterocycles. The maximum absolute atomic E-state index is 12.0. The van der Waals surface area contributed by atoms with Crippen molar-refractivity contribution in [2.75, 3.05) is 5.32 Å². The number of hydrogen-bond acceptors (Lipinski definition) is 5. The molecule has 0 atom stereocenters. The molecule has 0 radical (unpaired) electrons.